The normalized spacial score (nSPS) is 13.6. The Morgan fingerprint density at radius 1 is 1.22 bits per heavy atom. The number of rotatable bonds is 6. The fourth-order valence-corrected chi connectivity index (χ4v) is 2.78. The molecule has 0 bridgehead atoms. The first kappa shape index (κ1) is 19.4. The van der Waals surface area contributed by atoms with Gasteiger partial charge in [0.2, 0.25) is 5.78 Å². The van der Waals surface area contributed by atoms with Crippen LogP contribution in [0.5, 0.6) is 0 Å². The Kier molecular flexibility index (Phi) is 7.01. The third-order valence-electron chi connectivity index (χ3n) is 3.24. The second kappa shape index (κ2) is 8.29. The number of carbonyl (C=O) groups excluding carboxylic acids is 2. The summed E-state index contributed by atoms with van der Waals surface area (Å²) in [5.41, 5.74) is 0.876. The van der Waals surface area contributed by atoms with Crippen LogP contribution in [-0.4, -0.2) is 23.7 Å². The molecule has 1 aromatic carbocycles. The third-order valence-corrected chi connectivity index (χ3v) is 3.99. The molecule has 0 radical (unpaired) electrons. The van der Waals surface area contributed by atoms with Crippen molar-refractivity contribution in [3.05, 3.63) is 29.8 Å². The van der Waals surface area contributed by atoms with Crippen molar-refractivity contribution in [2.45, 2.75) is 45.9 Å². The molecule has 0 spiro atoms. The van der Waals surface area contributed by atoms with Gasteiger partial charge in [0, 0.05) is 23.3 Å². The van der Waals surface area contributed by atoms with Crippen molar-refractivity contribution in [1.29, 1.82) is 0 Å². The standard InChI is InChI=1S/C18H25NO3S/c1-12(11-18(3,4)5)16(19-22-13(2)20)17(21)14-7-9-15(23-6)10-8-14/h7-10,12H,11H2,1-6H3/b19-16+. The van der Waals surface area contributed by atoms with Crippen LogP contribution in [0.4, 0.5) is 0 Å². The highest BCUT2D eigenvalue weighted by atomic mass is 32.2. The van der Waals surface area contributed by atoms with E-state index in [1.54, 1.807) is 23.9 Å². The van der Waals surface area contributed by atoms with Crippen molar-refractivity contribution in [1.82, 2.24) is 0 Å². The molecule has 23 heavy (non-hydrogen) atoms. The number of carbonyl (C=O) groups is 2. The van der Waals surface area contributed by atoms with E-state index < -0.39 is 5.97 Å². The van der Waals surface area contributed by atoms with Crippen LogP contribution in [0.3, 0.4) is 0 Å². The minimum atomic E-state index is -0.531. The average molecular weight is 335 g/mol. The van der Waals surface area contributed by atoms with Crippen LogP contribution in [0.15, 0.2) is 34.3 Å². The van der Waals surface area contributed by atoms with Gasteiger partial charge in [0.15, 0.2) is 0 Å². The summed E-state index contributed by atoms with van der Waals surface area (Å²) in [5.74, 6) is -0.839. The zero-order valence-electron chi connectivity index (χ0n) is 14.7. The Morgan fingerprint density at radius 2 is 1.78 bits per heavy atom. The number of benzene rings is 1. The molecule has 0 heterocycles. The summed E-state index contributed by atoms with van der Waals surface area (Å²) in [4.78, 5) is 29.6. The molecule has 126 valence electrons. The topological polar surface area (TPSA) is 55.7 Å². The number of oxime groups is 1. The van der Waals surface area contributed by atoms with Crippen LogP contribution in [0.1, 0.15) is 51.4 Å². The first-order chi connectivity index (χ1) is 10.6. The molecule has 0 N–H and O–H groups in total. The molecule has 1 unspecified atom stereocenters. The summed E-state index contributed by atoms with van der Waals surface area (Å²) < 4.78 is 0. The van der Waals surface area contributed by atoms with Gasteiger partial charge in [0.25, 0.3) is 0 Å². The highest BCUT2D eigenvalue weighted by Gasteiger charge is 2.26. The number of hydrogen-bond donors (Lipinski definition) is 0. The molecule has 0 aromatic heterocycles. The fourth-order valence-electron chi connectivity index (χ4n) is 2.37. The molecule has 0 aliphatic rings. The summed E-state index contributed by atoms with van der Waals surface area (Å²) in [6.45, 7) is 9.51. The molecule has 4 nitrogen and oxygen atoms in total. The minimum Gasteiger partial charge on any atom is -0.318 e. The van der Waals surface area contributed by atoms with E-state index in [1.807, 2.05) is 25.3 Å². The predicted molar refractivity (Wildman–Crippen MR) is 95.0 cm³/mol. The SMILES string of the molecule is CSc1ccc(C(=O)/C(=N/OC(C)=O)C(C)CC(C)(C)C)cc1. The minimum absolute atomic E-state index is 0.0411. The van der Waals surface area contributed by atoms with Gasteiger partial charge in [0.1, 0.15) is 5.71 Å². The lowest BCUT2D eigenvalue weighted by atomic mass is 9.82. The van der Waals surface area contributed by atoms with E-state index in [0.29, 0.717) is 5.56 Å². The molecular weight excluding hydrogens is 310 g/mol. The van der Waals surface area contributed by atoms with E-state index in [9.17, 15) is 9.59 Å². The number of hydrogen-bond acceptors (Lipinski definition) is 5. The molecule has 0 saturated heterocycles. The number of thioether (sulfide) groups is 1. The first-order valence-electron chi connectivity index (χ1n) is 7.58. The zero-order valence-corrected chi connectivity index (χ0v) is 15.5. The molecule has 5 heteroatoms. The Labute approximate surface area is 142 Å². The highest BCUT2D eigenvalue weighted by Crippen LogP contribution is 2.26. The predicted octanol–water partition coefficient (Wildman–Crippen LogP) is 4.58. The maximum absolute atomic E-state index is 12.8. The molecule has 0 fully saturated rings. The summed E-state index contributed by atoms with van der Waals surface area (Å²) in [6.07, 6.45) is 2.75. The van der Waals surface area contributed by atoms with Gasteiger partial charge in [-0.1, -0.05) is 32.9 Å². The van der Waals surface area contributed by atoms with E-state index in [1.165, 1.54) is 6.92 Å². The van der Waals surface area contributed by atoms with Gasteiger partial charge in [-0.25, -0.2) is 4.79 Å². The van der Waals surface area contributed by atoms with Crippen LogP contribution < -0.4 is 0 Å². The highest BCUT2D eigenvalue weighted by molar-refractivity contribution is 7.98. The van der Waals surface area contributed by atoms with Crippen LogP contribution in [0.25, 0.3) is 0 Å². The van der Waals surface area contributed by atoms with E-state index >= 15 is 0 Å². The van der Waals surface area contributed by atoms with Gasteiger partial charge in [-0.15, -0.1) is 11.8 Å². The van der Waals surface area contributed by atoms with E-state index in [0.717, 1.165) is 11.3 Å². The summed E-state index contributed by atoms with van der Waals surface area (Å²) in [6, 6.07) is 7.36. The molecular formula is C18H25NO3S. The average Bonchev–Trinajstić information content (AvgIpc) is 2.45. The van der Waals surface area contributed by atoms with E-state index in [-0.39, 0.29) is 22.8 Å². The van der Waals surface area contributed by atoms with Crippen molar-refractivity contribution in [3.63, 3.8) is 0 Å². The van der Waals surface area contributed by atoms with E-state index in [4.69, 9.17) is 4.84 Å². The second-order valence-corrected chi connectivity index (χ2v) is 7.66. The molecule has 0 aliphatic carbocycles. The van der Waals surface area contributed by atoms with Crippen molar-refractivity contribution in [3.8, 4) is 0 Å². The summed E-state index contributed by atoms with van der Waals surface area (Å²) in [7, 11) is 0. The van der Waals surface area contributed by atoms with Gasteiger partial charge in [0.05, 0.1) is 0 Å². The molecule has 0 aliphatic heterocycles. The second-order valence-electron chi connectivity index (χ2n) is 6.78. The lowest BCUT2D eigenvalue weighted by Gasteiger charge is -2.23. The maximum atomic E-state index is 12.8. The van der Waals surface area contributed by atoms with Crippen LogP contribution in [0.2, 0.25) is 0 Å². The molecule has 0 amide bonds. The van der Waals surface area contributed by atoms with Crippen molar-refractivity contribution < 1.29 is 14.4 Å². The largest absolute Gasteiger partial charge is 0.331 e. The van der Waals surface area contributed by atoms with Crippen LogP contribution in [-0.2, 0) is 9.63 Å². The Morgan fingerprint density at radius 3 is 2.22 bits per heavy atom. The smallest absolute Gasteiger partial charge is 0.318 e. The van der Waals surface area contributed by atoms with Gasteiger partial charge < -0.3 is 4.84 Å². The van der Waals surface area contributed by atoms with Crippen molar-refractivity contribution in [2.24, 2.45) is 16.5 Å². The zero-order chi connectivity index (χ0) is 17.6. The Bertz CT molecular complexity index is 585. The maximum Gasteiger partial charge on any atom is 0.331 e. The van der Waals surface area contributed by atoms with E-state index in [2.05, 4.69) is 25.9 Å². The van der Waals surface area contributed by atoms with Crippen LogP contribution in [0, 0.1) is 11.3 Å². The fraction of sp³-hybridized carbons (Fsp3) is 0.500. The molecule has 1 rings (SSSR count). The van der Waals surface area contributed by atoms with Gasteiger partial charge >= 0.3 is 5.97 Å². The summed E-state index contributed by atoms with van der Waals surface area (Å²) >= 11 is 1.62. The van der Waals surface area contributed by atoms with Crippen LogP contribution >= 0.6 is 11.8 Å². The van der Waals surface area contributed by atoms with Crippen molar-refractivity contribution >= 4 is 29.2 Å². The number of Topliss-reactive ketones (excluding diaryl/α,β-unsaturated/α-hetero) is 1. The van der Waals surface area contributed by atoms with Gasteiger partial charge in [-0.05, 0) is 42.4 Å². The molecule has 1 aromatic rings. The third kappa shape index (κ3) is 6.57. The van der Waals surface area contributed by atoms with Gasteiger partial charge in [-0.3, -0.25) is 4.79 Å². The molecule has 0 saturated carbocycles. The number of ketones is 1. The lowest BCUT2D eigenvalue weighted by Crippen LogP contribution is -2.26. The quantitative estimate of drug-likeness (QED) is 0.251. The first-order valence-corrected chi connectivity index (χ1v) is 8.80. The monoisotopic (exact) mass is 335 g/mol. The molecule has 1 atom stereocenters. The van der Waals surface area contributed by atoms with Crippen molar-refractivity contribution in [2.75, 3.05) is 6.26 Å². The Balaban J connectivity index is 3.09. The number of nitrogens with zero attached hydrogens (tertiary/aromatic N) is 1. The lowest BCUT2D eigenvalue weighted by molar-refractivity contribution is -0.140. The van der Waals surface area contributed by atoms with Gasteiger partial charge in [-0.2, -0.15) is 0 Å². The Hall–Kier alpha value is -1.62. The summed E-state index contributed by atoms with van der Waals surface area (Å²) in [5, 5.41) is 3.84.